The Balaban J connectivity index is 2.56. The standard InChI is InChI=1S/C11H11NO/c1-3-10-9(7-8(2)12-10)11-5-4-6-13-11/h3-7,12H,1H2,2H3. The van der Waals surface area contributed by atoms with Crippen LogP contribution in [0.15, 0.2) is 35.5 Å². The molecule has 0 radical (unpaired) electrons. The molecule has 1 N–H and O–H groups in total. The molecular formula is C11H11NO. The van der Waals surface area contributed by atoms with Crippen molar-refractivity contribution in [2.45, 2.75) is 6.92 Å². The summed E-state index contributed by atoms with van der Waals surface area (Å²) in [5, 5.41) is 0. The van der Waals surface area contributed by atoms with Gasteiger partial charge in [0.2, 0.25) is 0 Å². The van der Waals surface area contributed by atoms with E-state index in [1.165, 1.54) is 0 Å². The lowest BCUT2D eigenvalue weighted by atomic mass is 10.2. The average molecular weight is 173 g/mol. The quantitative estimate of drug-likeness (QED) is 0.742. The SMILES string of the molecule is C=Cc1[nH]c(C)cc1-c1ccco1. The molecular weight excluding hydrogens is 162 g/mol. The van der Waals surface area contributed by atoms with Gasteiger partial charge in [-0.05, 0) is 31.2 Å². The molecule has 2 aromatic rings. The maximum atomic E-state index is 5.31. The fourth-order valence-electron chi connectivity index (χ4n) is 1.41. The number of rotatable bonds is 2. The van der Waals surface area contributed by atoms with Crippen LogP contribution >= 0.6 is 0 Å². The Morgan fingerprint density at radius 3 is 3.00 bits per heavy atom. The van der Waals surface area contributed by atoms with E-state index in [1.807, 2.05) is 19.1 Å². The molecule has 0 atom stereocenters. The average Bonchev–Trinajstić information content (AvgIpc) is 2.71. The van der Waals surface area contributed by atoms with Gasteiger partial charge in [0.25, 0.3) is 0 Å². The van der Waals surface area contributed by atoms with Crippen molar-refractivity contribution in [3.05, 3.63) is 42.4 Å². The van der Waals surface area contributed by atoms with Crippen LogP contribution in [0.1, 0.15) is 11.4 Å². The van der Waals surface area contributed by atoms with Crippen LogP contribution in [0.2, 0.25) is 0 Å². The van der Waals surface area contributed by atoms with Crippen molar-refractivity contribution in [1.82, 2.24) is 4.98 Å². The van der Waals surface area contributed by atoms with Gasteiger partial charge in [-0.3, -0.25) is 0 Å². The minimum atomic E-state index is 0.874. The van der Waals surface area contributed by atoms with Gasteiger partial charge in [0.05, 0.1) is 6.26 Å². The Kier molecular flexibility index (Phi) is 1.81. The van der Waals surface area contributed by atoms with Crippen LogP contribution in [0.4, 0.5) is 0 Å². The molecule has 0 saturated heterocycles. The summed E-state index contributed by atoms with van der Waals surface area (Å²) in [7, 11) is 0. The van der Waals surface area contributed by atoms with Crippen molar-refractivity contribution in [3.63, 3.8) is 0 Å². The first-order chi connectivity index (χ1) is 6.31. The molecule has 2 heterocycles. The van der Waals surface area contributed by atoms with Gasteiger partial charge in [0.15, 0.2) is 0 Å². The monoisotopic (exact) mass is 173 g/mol. The first-order valence-corrected chi connectivity index (χ1v) is 4.17. The summed E-state index contributed by atoms with van der Waals surface area (Å²) in [5.74, 6) is 0.874. The van der Waals surface area contributed by atoms with E-state index in [0.717, 1.165) is 22.7 Å². The van der Waals surface area contributed by atoms with E-state index >= 15 is 0 Å². The molecule has 2 rings (SSSR count). The Morgan fingerprint density at radius 2 is 2.38 bits per heavy atom. The summed E-state index contributed by atoms with van der Waals surface area (Å²) < 4.78 is 5.31. The van der Waals surface area contributed by atoms with Crippen molar-refractivity contribution < 1.29 is 4.42 Å². The van der Waals surface area contributed by atoms with Crippen molar-refractivity contribution in [2.75, 3.05) is 0 Å². The summed E-state index contributed by atoms with van der Waals surface area (Å²) >= 11 is 0. The van der Waals surface area contributed by atoms with Crippen molar-refractivity contribution >= 4 is 6.08 Å². The number of aryl methyl sites for hydroxylation is 1. The van der Waals surface area contributed by atoms with Gasteiger partial charge in [0.1, 0.15) is 5.76 Å². The van der Waals surface area contributed by atoms with E-state index in [9.17, 15) is 0 Å². The zero-order valence-corrected chi connectivity index (χ0v) is 7.50. The topological polar surface area (TPSA) is 28.9 Å². The van der Waals surface area contributed by atoms with Crippen LogP contribution in [0.5, 0.6) is 0 Å². The fraction of sp³-hybridized carbons (Fsp3) is 0.0909. The first-order valence-electron chi connectivity index (χ1n) is 4.17. The first kappa shape index (κ1) is 7.92. The van der Waals surface area contributed by atoms with Gasteiger partial charge in [-0.1, -0.05) is 6.58 Å². The molecule has 0 aromatic carbocycles. The van der Waals surface area contributed by atoms with Crippen LogP contribution in [0.3, 0.4) is 0 Å². The van der Waals surface area contributed by atoms with Gasteiger partial charge in [-0.15, -0.1) is 0 Å². The maximum absolute atomic E-state index is 5.31. The third-order valence-corrected chi connectivity index (χ3v) is 1.97. The number of aromatic amines is 1. The van der Waals surface area contributed by atoms with Gasteiger partial charge < -0.3 is 9.40 Å². The number of H-pyrrole nitrogens is 1. The summed E-state index contributed by atoms with van der Waals surface area (Å²) in [6.07, 6.45) is 3.47. The molecule has 0 aliphatic rings. The highest BCUT2D eigenvalue weighted by Crippen LogP contribution is 2.25. The predicted molar refractivity (Wildman–Crippen MR) is 53.3 cm³/mol. The minimum absolute atomic E-state index is 0.874. The predicted octanol–water partition coefficient (Wildman–Crippen LogP) is 3.23. The van der Waals surface area contributed by atoms with Crippen LogP contribution in [-0.4, -0.2) is 4.98 Å². The van der Waals surface area contributed by atoms with E-state index in [-0.39, 0.29) is 0 Å². The summed E-state index contributed by atoms with van der Waals surface area (Å²) in [5.41, 5.74) is 3.19. The Hall–Kier alpha value is -1.70. The second-order valence-corrected chi connectivity index (χ2v) is 2.96. The lowest BCUT2D eigenvalue weighted by Crippen LogP contribution is -1.74. The fourth-order valence-corrected chi connectivity index (χ4v) is 1.41. The summed E-state index contributed by atoms with van der Waals surface area (Å²) in [6, 6.07) is 5.87. The number of hydrogen-bond donors (Lipinski definition) is 1. The van der Waals surface area contributed by atoms with Gasteiger partial charge >= 0.3 is 0 Å². The number of hydrogen-bond acceptors (Lipinski definition) is 1. The molecule has 2 nitrogen and oxygen atoms in total. The molecule has 0 amide bonds. The van der Waals surface area contributed by atoms with Gasteiger partial charge in [-0.2, -0.15) is 0 Å². The zero-order valence-electron chi connectivity index (χ0n) is 7.50. The van der Waals surface area contributed by atoms with E-state index in [2.05, 4.69) is 17.6 Å². The third kappa shape index (κ3) is 1.31. The number of furan rings is 1. The molecule has 0 spiro atoms. The largest absolute Gasteiger partial charge is 0.464 e. The van der Waals surface area contributed by atoms with Crippen LogP contribution in [0, 0.1) is 6.92 Å². The van der Waals surface area contributed by atoms with Crippen LogP contribution in [0.25, 0.3) is 17.4 Å². The van der Waals surface area contributed by atoms with Crippen molar-refractivity contribution in [2.24, 2.45) is 0 Å². The summed E-state index contributed by atoms with van der Waals surface area (Å²) in [4.78, 5) is 3.20. The van der Waals surface area contributed by atoms with E-state index < -0.39 is 0 Å². The molecule has 66 valence electrons. The maximum Gasteiger partial charge on any atom is 0.136 e. The van der Waals surface area contributed by atoms with E-state index in [0.29, 0.717) is 0 Å². The molecule has 2 heteroatoms. The molecule has 0 aliphatic heterocycles. The number of nitrogens with one attached hydrogen (secondary N) is 1. The van der Waals surface area contributed by atoms with Gasteiger partial charge in [-0.25, -0.2) is 0 Å². The molecule has 0 aliphatic carbocycles. The Morgan fingerprint density at radius 1 is 1.54 bits per heavy atom. The minimum Gasteiger partial charge on any atom is -0.464 e. The van der Waals surface area contributed by atoms with Crippen LogP contribution in [-0.2, 0) is 0 Å². The molecule has 2 aromatic heterocycles. The van der Waals surface area contributed by atoms with E-state index in [4.69, 9.17) is 4.42 Å². The van der Waals surface area contributed by atoms with Crippen molar-refractivity contribution in [3.8, 4) is 11.3 Å². The molecule has 0 unspecified atom stereocenters. The molecule has 0 bridgehead atoms. The molecule has 0 fully saturated rings. The Bertz CT molecular complexity index is 409. The van der Waals surface area contributed by atoms with Crippen molar-refractivity contribution in [1.29, 1.82) is 0 Å². The smallest absolute Gasteiger partial charge is 0.136 e. The second kappa shape index (κ2) is 2.98. The summed E-state index contributed by atoms with van der Waals surface area (Å²) in [6.45, 7) is 5.76. The third-order valence-electron chi connectivity index (χ3n) is 1.97. The normalized spacial score (nSPS) is 10.2. The highest BCUT2D eigenvalue weighted by molar-refractivity contribution is 5.70. The van der Waals surface area contributed by atoms with E-state index in [1.54, 1.807) is 12.3 Å². The highest BCUT2D eigenvalue weighted by atomic mass is 16.3. The second-order valence-electron chi connectivity index (χ2n) is 2.96. The lowest BCUT2D eigenvalue weighted by Gasteiger charge is -1.93. The zero-order chi connectivity index (χ0) is 9.26. The lowest BCUT2D eigenvalue weighted by molar-refractivity contribution is 0.582. The highest BCUT2D eigenvalue weighted by Gasteiger charge is 2.07. The van der Waals surface area contributed by atoms with Crippen LogP contribution < -0.4 is 0 Å². The molecule has 13 heavy (non-hydrogen) atoms. The van der Waals surface area contributed by atoms with Gasteiger partial charge in [0, 0.05) is 17.0 Å². The Labute approximate surface area is 76.9 Å². The molecule has 0 saturated carbocycles. The number of aromatic nitrogens is 1.